The van der Waals surface area contributed by atoms with Crippen molar-refractivity contribution in [3.8, 4) is 0 Å². The molecule has 2 rings (SSSR count). The number of rotatable bonds is 2. The van der Waals surface area contributed by atoms with E-state index in [9.17, 15) is 4.21 Å². The maximum Gasteiger partial charge on any atom is 0.0629 e. The van der Waals surface area contributed by atoms with Gasteiger partial charge in [-0.3, -0.25) is 4.21 Å². The SMILES string of the molecule is Cc1ccc(N)cc1S(=O)C1CCCOC1. The van der Waals surface area contributed by atoms with Gasteiger partial charge in [-0.05, 0) is 37.5 Å². The zero-order chi connectivity index (χ0) is 11.5. The van der Waals surface area contributed by atoms with Crippen LogP contribution in [0.25, 0.3) is 0 Å². The normalized spacial score (nSPS) is 22.9. The number of anilines is 1. The van der Waals surface area contributed by atoms with Crippen LogP contribution >= 0.6 is 0 Å². The molecule has 3 nitrogen and oxygen atoms in total. The quantitative estimate of drug-likeness (QED) is 0.801. The third-order valence-electron chi connectivity index (χ3n) is 2.85. The summed E-state index contributed by atoms with van der Waals surface area (Å²) in [6.07, 6.45) is 1.97. The Kier molecular flexibility index (Phi) is 3.61. The highest BCUT2D eigenvalue weighted by Crippen LogP contribution is 2.23. The van der Waals surface area contributed by atoms with E-state index < -0.39 is 10.8 Å². The lowest BCUT2D eigenvalue weighted by Gasteiger charge is -2.22. The van der Waals surface area contributed by atoms with Crippen LogP contribution in [0, 0.1) is 6.92 Å². The topological polar surface area (TPSA) is 52.3 Å². The minimum Gasteiger partial charge on any atom is -0.399 e. The molecule has 1 aromatic carbocycles. The Morgan fingerprint density at radius 1 is 1.50 bits per heavy atom. The molecule has 1 aliphatic rings. The molecule has 1 heterocycles. The van der Waals surface area contributed by atoms with E-state index in [2.05, 4.69) is 0 Å². The van der Waals surface area contributed by atoms with Gasteiger partial charge in [0.15, 0.2) is 0 Å². The van der Waals surface area contributed by atoms with Gasteiger partial charge in [0.2, 0.25) is 0 Å². The Morgan fingerprint density at radius 2 is 2.31 bits per heavy atom. The van der Waals surface area contributed by atoms with Gasteiger partial charge >= 0.3 is 0 Å². The fourth-order valence-electron chi connectivity index (χ4n) is 1.89. The monoisotopic (exact) mass is 239 g/mol. The molecule has 16 heavy (non-hydrogen) atoms. The molecule has 2 atom stereocenters. The minimum atomic E-state index is -0.997. The molecule has 1 aliphatic heterocycles. The largest absolute Gasteiger partial charge is 0.399 e. The summed E-state index contributed by atoms with van der Waals surface area (Å²) in [5.74, 6) is 0. The summed E-state index contributed by atoms with van der Waals surface area (Å²) in [6, 6.07) is 5.58. The van der Waals surface area contributed by atoms with Crippen molar-refractivity contribution in [2.75, 3.05) is 18.9 Å². The van der Waals surface area contributed by atoms with E-state index in [1.54, 1.807) is 0 Å². The lowest BCUT2D eigenvalue weighted by molar-refractivity contribution is 0.100. The minimum absolute atomic E-state index is 0.120. The summed E-state index contributed by atoms with van der Waals surface area (Å²) in [7, 11) is -0.997. The van der Waals surface area contributed by atoms with Gasteiger partial charge in [-0.1, -0.05) is 6.07 Å². The molecule has 4 heteroatoms. The molecule has 0 aliphatic carbocycles. The molecule has 1 saturated heterocycles. The van der Waals surface area contributed by atoms with Gasteiger partial charge in [-0.15, -0.1) is 0 Å². The van der Waals surface area contributed by atoms with Crippen molar-refractivity contribution < 1.29 is 8.95 Å². The molecular weight excluding hydrogens is 222 g/mol. The Hall–Kier alpha value is -0.870. The molecule has 0 saturated carbocycles. The van der Waals surface area contributed by atoms with E-state index in [4.69, 9.17) is 10.5 Å². The van der Waals surface area contributed by atoms with Crippen molar-refractivity contribution in [2.24, 2.45) is 0 Å². The number of benzene rings is 1. The van der Waals surface area contributed by atoms with Gasteiger partial charge in [-0.25, -0.2) is 0 Å². The maximum atomic E-state index is 12.3. The summed E-state index contributed by atoms with van der Waals surface area (Å²) >= 11 is 0. The van der Waals surface area contributed by atoms with Crippen molar-refractivity contribution >= 4 is 16.5 Å². The zero-order valence-corrected chi connectivity index (χ0v) is 10.3. The van der Waals surface area contributed by atoms with Gasteiger partial charge < -0.3 is 10.5 Å². The molecular formula is C12H17NO2S. The smallest absolute Gasteiger partial charge is 0.0629 e. The second kappa shape index (κ2) is 4.97. The summed E-state index contributed by atoms with van der Waals surface area (Å²) in [4.78, 5) is 0.857. The van der Waals surface area contributed by atoms with Gasteiger partial charge in [-0.2, -0.15) is 0 Å². The van der Waals surface area contributed by atoms with Crippen LogP contribution < -0.4 is 5.73 Å². The second-order valence-electron chi connectivity index (χ2n) is 4.16. The van der Waals surface area contributed by atoms with Gasteiger partial charge in [0.1, 0.15) is 0 Å². The predicted molar refractivity (Wildman–Crippen MR) is 65.8 cm³/mol. The van der Waals surface area contributed by atoms with Crippen LogP contribution in [0.1, 0.15) is 18.4 Å². The van der Waals surface area contributed by atoms with E-state index in [0.29, 0.717) is 12.3 Å². The lowest BCUT2D eigenvalue weighted by atomic mass is 10.2. The van der Waals surface area contributed by atoms with Gasteiger partial charge in [0.05, 0.1) is 22.7 Å². The highest BCUT2D eigenvalue weighted by atomic mass is 32.2. The third-order valence-corrected chi connectivity index (χ3v) is 4.70. The Balaban J connectivity index is 2.22. The molecule has 0 aromatic heterocycles. The molecule has 2 N–H and O–H groups in total. The van der Waals surface area contributed by atoms with Crippen LogP contribution in [-0.4, -0.2) is 22.7 Å². The standard InChI is InChI=1S/C12H17NO2S/c1-9-4-5-10(13)7-12(9)16(14)11-3-2-6-15-8-11/h4-5,7,11H,2-3,6,8,13H2,1H3. The van der Waals surface area contributed by atoms with Crippen molar-refractivity contribution in [3.63, 3.8) is 0 Å². The lowest BCUT2D eigenvalue weighted by Crippen LogP contribution is -2.27. The number of ether oxygens (including phenoxy) is 1. The van der Waals surface area contributed by atoms with Crippen LogP contribution in [0.5, 0.6) is 0 Å². The van der Waals surface area contributed by atoms with Crippen molar-refractivity contribution in [3.05, 3.63) is 23.8 Å². The van der Waals surface area contributed by atoms with Crippen LogP contribution in [-0.2, 0) is 15.5 Å². The molecule has 0 bridgehead atoms. The van der Waals surface area contributed by atoms with E-state index >= 15 is 0 Å². The molecule has 0 amide bonds. The van der Waals surface area contributed by atoms with Crippen LogP contribution in [0.15, 0.2) is 23.1 Å². The first-order valence-corrected chi connectivity index (χ1v) is 6.74. The number of hydrogen-bond acceptors (Lipinski definition) is 3. The Labute approximate surface area is 98.4 Å². The first-order valence-electron chi connectivity index (χ1n) is 5.53. The molecule has 88 valence electrons. The second-order valence-corrected chi connectivity index (χ2v) is 5.86. The number of nitrogens with two attached hydrogens (primary N) is 1. The average molecular weight is 239 g/mol. The maximum absolute atomic E-state index is 12.3. The van der Waals surface area contributed by atoms with E-state index in [1.165, 1.54) is 0 Å². The van der Waals surface area contributed by atoms with Gasteiger partial charge in [0.25, 0.3) is 0 Å². The van der Waals surface area contributed by atoms with Crippen LogP contribution in [0.4, 0.5) is 5.69 Å². The van der Waals surface area contributed by atoms with Crippen LogP contribution in [0.3, 0.4) is 0 Å². The third kappa shape index (κ3) is 2.44. The van der Waals surface area contributed by atoms with E-state index in [0.717, 1.165) is 29.9 Å². The Morgan fingerprint density at radius 3 is 3.00 bits per heavy atom. The van der Waals surface area contributed by atoms with Crippen LogP contribution in [0.2, 0.25) is 0 Å². The number of hydrogen-bond donors (Lipinski definition) is 1. The number of nitrogen functional groups attached to an aromatic ring is 1. The highest BCUT2D eigenvalue weighted by molar-refractivity contribution is 7.85. The van der Waals surface area contributed by atoms with Crippen molar-refractivity contribution in [1.82, 2.24) is 0 Å². The molecule has 0 spiro atoms. The van der Waals surface area contributed by atoms with Crippen molar-refractivity contribution in [1.29, 1.82) is 0 Å². The molecule has 1 fully saturated rings. The first-order chi connectivity index (χ1) is 7.68. The van der Waals surface area contributed by atoms with Crippen molar-refractivity contribution in [2.45, 2.75) is 29.9 Å². The van der Waals surface area contributed by atoms with E-state index in [-0.39, 0.29) is 5.25 Å². The van der Waals surface area contributed by atoms with Gasteiger partial charge in [0, 0.05) is 17.2 Å². The summed E-state index contributed by atoms with van der Waals surface area (Å²) in [5, 5.41) is 0.120. The fourth-order valence-corrected chi connectivity index (χ4v) is 3.49. The van der Waals surface area contributed by atoms with E-state index in [1.807, 2.05) is 25.1 Å². The first kappa shape index (κ1) is 11.6. The molecule has 1 aromatic rings. The summed E-state index contributed by atoms with van der Waals surface area (Å²) in [5.41, 5.74) is 7.44. The number of aryl methyl sites for hydroxylation is 1. The zero-order valence-electron chi connectivity index (χ0n) is 9.44. The summed E-state index contributed by atoms with van der Waals surface area (Å²) in [6.45, 7) is 3.36. The predicted octanol–water partition coefficient (Wildman–Crippen LogP) is 1.86. The Bertz CT molecular complexity index is 400. The average Bonchev–Trinajstić information content (AvgIpc) is 2.32. The molecule has 0 radical (unpaired) electrons. The molecule has 2 unspecified atom stereocenters. The fraction of sp³-hybridized carbons (Fsp3) is 0.500. The highest BCUT2D eigenvalue weighted by Gasteiger charge is 2.22. The summed E-state index contributed by atoms with van der Waals surface area (Å²) < 4.78 is 17.7.